The van der Waals surface area contributed by atoms with Crippen LogP contribution in [-0.4, -0.2) is 6.04 Å². The number of hydrogen-bond donors (Lipinski definition) is 1. The average Bonchev–Trinajstić information content (AvgIpc) is 2.20. The third-order valence-electron chi connectivity index (χ3n) is 2.97. The van der Waals surface area contributed by atoms with E-state index in [0.29, 0.717) is 16.1 Å². The normalized spacial score (nSPS) is 22.6. The van der Waals surface area contributed by atoms with Crippen LogP contribution in [0.25, 0.3) is 0 Å². The highest BCUT2D eigenvalue weighted by atomic mass is 35.5. The lowest BCUT2D eigenvalue weighted by Gasteiger charge is -2.18. The summed E-state index contributed by atoms with van der Waals surface area (Å²) in [6.45, 7) is 0. The Balaban J connectivity index is 2.05. The number of allylic oxidation sites excluding steroid dienone is 1. The fourth-order valence-corrected chi connectivity index (χ4v) is 2.66. The number of nitrogens with one attached hydrogen (secondary N) is 1. The van der Waals surface area contributed by atoms with E-state index in [9.17, 15) is 0 Å². The van der Waals surface area contributed by atoms with Gasteiger partial charge in [0.15, 0.2) is 0 Å². The zero-order valence-corrected chi connectivity index (χ0v) is 11.3. The molecule has 0 aromatic heterocycles. The molecule has 0 heterocycles. The molecule has 0 saturated carbocycles. The standard InChI is InChI=1S/C14H17Cl2N/c15-11-8-12(16)10-14(9-11)17-13-6-4-2-1-3-5-7-13/h4,6,8-10,13,17H,1-3,5,7H2/b6-4+. The first kappa shape index (κ1) is 12.8. The van der Waals surface area contributed by atoms with Gasteiger partial charge in [-0.2, -0.15) is 0 Å². The van der Waals surface area contributed by atoms with Crippen LogP contribution in [0.4, 0.5) is 5.69 Å². The molecule has 0 aliphatic heterocycles. The molecule has 17 heavy (non-hydrogen) atoms. The van der Waals surface area contributed by atoms with Gasteiger partial charge < -0.3 is 5.32 Å². The van der Waals surface area contributed by atoms with E-state index in [1.165, 1.54) is 32.1 Å². The Bertz CT molecular complexity index is 381. The van der Waals surface area contributed by atoms with Gasteiger partial charge in [0.05, 0.1) is 0 Å². The van der Waals surface area contributed by atoms with E-state index in [4.69, 9.17) is 23.2 Å². The van der Waals surface area contributed by atoms with Crippen LogP contribution >= 0.6 is 23.2 Å². The molecule has 0 bridgehead atoms. The van der Waals surface area contributed by atoms with Crippen molar-refractivity contribution in [2.45, 2.75) is 38.1 Å². The highest BCUT2D eigenvalue weighted by Gasteiger charge is 2.07. The molecule has 0 spiro atoms. The summed E-state index contributed by atoms with van der Waals surface area (Å²) in [5.41, 5.74) is 0.998. The summed E-state index contributed by atoms with van der Waals surface area (Å²) < 4.78 is 0. The van der Waals surface area contributed by atoms with E-state index >= 15 is 0 Å². The Hall–Kier alpha value is -0.660. The monoisotopic (exact) mass is 269 g/mol. The number of hydrogen-bond acceptors (Lipinski definition) is 1. The van der Waals surface area contributed by atoms with Gasteiger partial charge in [-0.15, -0.1) is 0 Å². The Morgan fingerprint density at radius 3 is 2.53 bits per heavy atom. The lowest BCUT2D eigenvalue weighted by molar-refractivity contribution is 0.610. The zero-order chi connectivity index (χ0) is 12.1. The van der Waals surface area contributed by atoms with Crippen molar-refractivity contribution >= 4 is 28.9 Å². The number of halogens is 2. The number of benzene rings is 1. The minimum atomic E-state index is 0.393. The predicted molar refractivity (Wildman–Crippen MR) is 76.1 cm³/mol. The van der Waals surface area contributed by atoms with Crippen LogP contribution in [0.15, 0.2) is 30.4 Å². The summed E-state index contributed by atoms with van der Waals surface area (Å²) in [6, 6.07) is 5.98. The second-order valence-electron chi connectivity index (χ2n) is 4.48. The molecule has 1 aliphatic rings. The predicted octanol–water partition coefficient (Wildman–Crippen LogP) is 5.29. The zero-order valence-electron chi connectivity index (χ0n) is 9.76. The van der Waals surface area contributed by atoms with Crippen molar-refractivity contribution in [3.05, 3.63) is 40.4 Å². The Kier molecular flexibility index (Phi) is 4.75. The molecule has 1 aromatic carbocycles. The Labute approximate surface area is 113 Å². The van der Waals surface area contributed by atoms with Crippen LogP contribution in [0.2, 0.25) is 10.0 Å². The van der Waals surface area contributed by atoms with Crippen molar-refractivity contribution < 1.29 is 0 Å². The van der Waals surface area contributed by atoms with Gasteiger partial charge in [0, 0.05) is 21.8 Å². The average molecular weight is 270 g/mol. The quantitative estimate of drug-likeness (QED) is 0.719. The molecule has 0 amide bonds. The van der Waals surface area contributed by atoms with Crippen molar-refractivity contribution in [3.8, 4) is 0 Å². The van der Waals surface area contributed by atoms with E-state index in [1.54, 1.807) is 6.07 Å². The van der Waals surface area contributed by atoms with Gasteiger partial charge in [0.2, 0.25) is 0 Å². The van der Waals surface area contributed by atoms with Gasteiger partial charge in [-0.1, -0.05) is 48.2 Å². The Morgan fingerprint density at radius 2 is 1.76 bits per heavy atom. The molecule has 1 unspecified atom stereocenters. The van der Waals surface area contributed by atoms with Gasteiger partial charge in [0.25, 0.3) is 0 Å². The summed E-state index contributed by atoms with van der Waals surface area (Å²) >= 11 is 12.0. The topological polar surface area (TPSA) is 12.0 Å². The third kappa shape index (κ3) is 4.25. The first-order valence-corrected chi connectivity index (χ1v) is 6.89. The molecule has 2 rings (SSSR count). The first-order chi connectivity index (χ1) is 8.24. The van der Waals surface area contributed by atoms with Crippen LogP contribution in [0.1, 0.15) is 32.1 Å². The summed E-state index contributed by atoms with van der Waals surface area (Å²) in [7, 11) is 0. The first-order valence-electron chi connectivity index (χ1n) is 6.13. The lowest BCUT2D eigenvalue weighted by atomic mass is 10.0. The largest absolute Gasteiger partial charge is 0.379 e. The maximum Gasteiger partial charge on any atom is 0.0444 e. The molecule has 1 atom stereocenters. The molecule has 92 valence electrons. The second kappa shape index (κ2) is 6.32. The molecule has 1 nitrogen and oxygen atoms in total. The molecular formula is C14H17Cl2N. The lowest BCUT2D eigenvalue weighted by Crippen LogP contribution is -2.17. The van der Waals surface area contributed by atoms with E-state index in [2.05, 4.69) is 17.5 Å². The van der Waals surface area contributed by atoms with Crippen LogP contribution in [-0.2, 0) is 0 Å². The highest BCUT2D eigenvalue weighted by molar-refractivity contribution is 6.35. The summed E-state index contributed by atoms with van der Waals surface area (Å²) in [6.07, 6.45) is 10.8. The Morgan fingerprint density at radius 1 is 1.00 bits per heavy atom. The maximum absolute atomic E-state index is 5.98. The van der Waals surface area contributed by atoms with Gasteiger partial charge >= 0.3 is 0 Å². The highest BCUT2D eigenvalue weighted by Crippen LogP contribution is 2.24. The molecule has 1 aliphatic carbocycles. The van der Waals surface area contributed by atoms with Crippen molar-refractivity contribution in [2.24, 2.45) is 0 Å². The fraction of sp³-hybridized carbons (Fsp3) is 0.429. The van der Waals surface area contributed by atoms with Crippen molar-refractivity contribution in [2.75, 3.05) is 5.32 Å². The van der Waals surface area contributed by atoms with Gasteiger partial charge in [-0.3, -0.25) is 0 Å². The molecule has 0 radical (unpaired) electrons. The van der Waals surface area contributed by atoms with Crippen LogP contribution in [0, 0.1) is 0 Å². The van der Waals surface area contributed by atoms with E-state index in [0.717, 1.165) is 5.69 Å². The third-order valence-corrected chi connectivity index (χ3v) is 3.41. The summed E-state index contributed by atoms with van der Waals surface area (Å²) in [5, 5.41) is 4.83. The molecule has 0 fully saturated rings. The van der Waals surface area contributed by atoms with Gasteiger partial charge in [-0.05, 0) is 37.5 Å². The van der Waals surface area contributed by atoms with E-state index in [-0.39, 0.29) is 0 Å². The maximum atomic E-state index is 5.98. The SMILES string of the molecule is Clc1cc(Cl)cc(NC2/C=C/CCCCC2)c1. The molecule has 1 aromatic rings. The van der Waals surface area contributed by atoms with Crippen molar-refractivity contribution in [3.63, 3.8) is 0 Å². The van der Waals surface area contributed by atoms with E-state index < -0.39 is 0 Å². The minimum absolute atomic E-state index is 0.393. The number of rotatable bonds is 2. The smallest absolute Gasteiger partial charge is 0.0444 e. The van der Waals surface area contributed by atoms with Crippen LogP contribution in [0.5, 0.6) is 0 Å². The van der Waals surface area contributed by atoms with Crippen molar-refractivity contribution in [1.29, 1.82) is 0 Å². The van der Waals surface area contributed by atoms with Crippen LogP contribution in [0.3, 0.4) is 0 Å². The number of anilines is 1. The van der Waals surface area contributed by atoms with Gasteiger partial charge in [-0.25, -0.2) is 0 Å². The minimum Gasteiger partial charge on any atom is -0.379 e. The molecule has 0 saturated heterocycles. The van der Waals surface area contributed by atoms with Crippen molar-refractivity contribution in [1.82, 2.24) is 0 Å². The van der Waals surface area contributed by atoms with Gasteiger partial charge in [0.1, 0.15) is 0 Å². The van der Waals surface area contributed by atoms with Crippen LogP contribution < -0.4 is 5.32 Å². The molecular weight excluding hydrogens is 253 g/mol. The fourth-order valence-electron chi connectivity index (χ4n) is 2.13. The molecule has 1 N–H and O–H groups in total. The molecule has 3 heteroatoms. The summed E-state index contributed by atoms with van der Waals surface area (Å²) in [5.74, 6) is 0. The second-order valence-corrected chi connectivity index (χ2v) is 5.35. The summed E-state index contributed by atoms with van der Waals surface area (Å²) in [4.78, 5) is 0. The van der Waals surface area contributed by atoms with E-state index in [1.807, 2.05) is 12.1 Å².